The monoisotopic (exact) mass is 386 g/mol. The number of fused-ring (bicyclic) bond motifs is 1. The summed E-state index contributed by atoms with van der Waals surface area (Å²) in [4.78, 5) is 15.4. The largest absolute Gasteiger partial charge is 0.497 e. The van der Waals surface area contributed by atoms with Gasteiger partial charge < -0.3 is 9.72 Å². The van der Waals surface area contributed by atoms with Crippen LogP contribution in [0.15, 0.2) is 52.2 Å². The van der Waals surface area contributed by atoms with Crippen molar-refractivity contribution >= 4 is 20.9 Å². The molecule has 0 saturated carbocycles. The Morgan fingerprint density at radius 2 is 1.78 bits per heavy atom. The average molecular weight is 386 g/mol. The van der Waals surface area contributed by atoms with Crippen LogP contribution in [0.3, 0.4) is 0 Å². The molecule has 0 aliphatic heterocycles. The highest BCUT2D eigenvalue weighted by Crippen LogP contribution is 2.18. The fraction of sp³-hybridized carbons (Fsp3) is 0.250. The number of hydrogen-bond donors (Lipinski definition) is 2. The van der Waals surface area contributed by atoms with E-state index in [4.69, 9.17) is 4.74 Å². The number of H-pyrrole nitrogens is 1. The third-order valence-electron chi connectivity index (χ3n) is 4.43. The van der Waals surface area contributed by atoms with Crippen molar-refractivity contribution < 1.29 is 13.2 Å². The zero-order chi connectivity index (χ0) is 19.6. The van der Waals surface area contributed by atoms with Crippen LogP contribution >= 0.6 is 0 Å². The van der Waals surface area contributed by atoms with Crippen LogP contribution < -0.4 is 15.0 Å². The molecule has 0 aliphatic rings. The molecule has 1 heterocycles. The molecule has 2 N–H and O–H groups in total. The lowest BCUT2D eigenvalue weighted by molar-refractivity contribution is 0.414. The normalized spacial score (nSPS) is 11.7. The van der Waals surface area contributed by atoms with Gasteiger partial charge in [-0.25, -0.2) is 13.1 Å². The predicted octanol–water partition coefficient (Wildman–Crippen LogP) is 2.67. The average Bonchev–Trinajstić information content (AvgIpc) is 2.63. The Labute approximate surface area is 158 Å². The maximum absolute atomic E-state index is 12.4. The lowest BCUT2D eigenvalue weighted by Crippen LogP contribution is -2.27. The zero-order valence-electron chi connectivity index (χ0n) is 15.5. The molecule has 0 radical (unpaired) electrons. The van der Waals surface area contributed by atoms with Crippen LogP contribution in [0.25, 0.3) is 10.9 Å². The number of methoxy groups -OCH3 is 1. The molecule has 0 atom stereocenters. The molecule has 7 heteroatoms. The number of aromatic amines is 1. The fourth-order valence-electron chi connectivity index (χ4n) is 3.08. The van der Waals surface area contributed by atoms with Crippen molar-refractivity contribution in [3.05, 3.63) is 69.5 Å². The predicted molar refractivity (Wildman–Crippen MR) is 106 cm³/mol. The van der Waals surface area contributed by atoms with E-state index >= 15 is 0 Å². The highest BCUT2D eigenvalue weighted by atomic mass is 32.2. The van der Waals surface area contributed by atoms with E-state index in [0.717, 1.165) is 22.0 Å². The number of aromatic nitrogens is 1. The highest BCUT2D eigenvalue weighted by Gasteiger charge is 2.14. The Hall–Kier alpha value is -2.64. The molecule has 0 bridgehead atoms. The summed E-state index contributed by atoms with van der Waals surface area (Å²) in [6.07, 6.45) is 0.299. The summed E-state index contributed by atoms with van der Waals surface area (Å²) >= 11 is 0. The van der Waals surface area contributed by atoms with Gasteiger partial charge in [0.25, 0.3) is 5.56 Å². The molecule has 0 aliphatic carbocycles. The number of rotatable bonds is 6. The molecule has 3 rings (SSSR count). The number of ether oxygens (including phenoxy) is 1. The number of benzene rings is 2. The van der Waals surface area contributed by atoms with Gasteiger partial charge in [-0.2, -0.15) is 0 Å². The number of sulfonamides is 1. The van der Waals surface area contributed by atoms with Gasteiger partial charge in [0.15, 0.2) is 0 Å². The number of nitrogens with one attached hydrogen (secondary N) is 2. The Morgan fingerprint density at radius 3 is 2.44 bits per heavy atom. The molecule has 0 saturated heterocycles. The lowest BCUT2D eigenvalue weighted by atomic mass is 10.0. The van der Waals surface area contributed by atoms with E-state index in [1.165, 1.54) is 19.2 Å². The summed E-state index contributed by atoms with van der Waals surface area (Å²) in [5.74, 6) is 0.585. The summed E-state index contributed by atoms with van der Waals surface area (Å²) < 4.78 is 32.3. The molecule has 1 aromatic heterocycles. The molecule has 6 nitrogen and oxygen atoms in total. The van der Waals surface area contributed by atoms with Gasteiger partial charge >= 0.3 is 0 Å². The smallest absolute Gasteiger partial charge is 0.251 e. The topological polar surface area (TPSA) is 88.3 Å². The van der Waals surface area contributed by atoms with Crippen LogP contribution in [0.4, 0.5) is 0 Å². The van der Waals surface area contributed by atoms with Gasteiger partial charge in [0.05, 0.1) is 17.5 Å². The maximum atomic E-state index is 12.4. The van der Waals surface area contributed by atoms with Crippen molar-refractivity contribution in [2.75, 3.05) is 13.7 Å². The molecule has 0 amide bonds. The minimum Gasteiger partial charge on any atom is -0.497 e. The van der Waals surface area contributed by atoms with Gasteiger partial charge in [-0.1, -0.05) is 11.6 Å². The van der Waals surface area contributed by atoms with Gasteiger partial charge in [0.1, 0.15) is 5.75 Å². The lowest BCUT2D eigenvalue weighted by Gasteiger charge is -2.09. The number of aryl methyl sites for hydroxylation is 2. The van der Waals surface area contributed by atoms with Gasteiger partial charge in [-0.3, -0.25) is 4.79 Å². The van der Waals surface area contributed by atoms with Crippen molar-refractivity contribution in [1.29, 1.82) is 0 Å². The Bertz CT molecular complexity index is 1130. The van der Waals surface area contributed by atoms with Gasteiger partial charge in [-0.15, -0.1) is 0 Å². The van der Waals surface area contributed by atoms with E-state index in [2.05, 4.69) is 9.71 Å². The van der Waals surface area contributed by atoms with Crippen molar-refractivity contribution in [2.45, 2.75) is 25.2 Å². The van der Waals surface area contributed by atoms with Gasteiger partial charge in [0, 0.05) is 12.1 Å². The van der Waals surface area contributed by atoms with Crippen LogP contribution in [0.2, 0.25) is 0 Å². The first-order valence-corrected chi connectivity index (χ1v) is 10.1. The maximum Gasteiger partial charge on any atom is 0.251 e. The second-order valence-corrected chi connectivity index (χ2v) is 8.26. The first kappa shape index (κ1) is 19.1. The van der Waals surface area contributed by atoms with E-state index in [-0.39, 0.29) is 17.0 Å². The Kier molecular flexibility index (Phi) is 5.34. The number of pyridine rings is 1. The van der Waals surface area contributed by atoms with Crippen LogP contribution in [-0.2, 0) is 16.4 Å². The third-order valence-corrected chi connectivity index (χ3v) is 5.90. The molecule has 2 aromatic carbocycles. The molecule has 27 heavy (non-hydrogen) atoms. The second kappa shape index (κ2) is 7.54. The third kappa shape index (κ3) is 4.20. The Morgan fingerprint density at radius 1 is 1.07 bits per heavy atom. The van der Waals surface area contributed by atoms with Crippen LogP contribution in [0.1, 0.15) is 16.7 Å². The van der Waals surface area contributed by atoms with Crippen LogP contribution in [-0.4, -0.2) is 27.1 Å². The van der Waals surface area contributed by atoms with E-state index < -0.39 is 10.0 Å². The molecular formula is C20H22N2O4S. The Balaban J connectivity index is 1.76. The summed E-state index contributed by atoms with van der Waals surface area (Å²) in [6, 6.07) is 12.0. The van der Waals surface area contributed by atoms with E-state index in [1.807, 2.05) is 32.0 Å². The second-order valence-electron chi connectivity index (χ2n) is 6.49. The first-order valence-electron chi connectivity index (χ1n) is 8.57. The molecule has 3 aromatic rings. The van der Waals surface area contributed by atoms with Gasteiger partial charge in [-0.05, 0) is 67.6 Å². The van der Waals surface area contributed by atoms with E-state index in [9.17, 15) is 13.2 Å². The van der Waals surface area contributed by atoms with Crippen molar-refractivity contribution in [1.82, 2.24) is 9.71 Å². The molecule has 0 unspecified atom stereocenters. The van der Waals surface area contributed by atoms with Crippen LogP contribution in [0, 0.1) is 13.8 Å². The minimum absolute atomic E-state index is 0.133. The summed E-state index contributed by atoms with van der Waals surface area (Å²) in [6.45, 7) is 4.09. The minimum atomic E-state index is -3.64. The quantitative estimate of drug-likeness (QED) is 0.682. The summed E-state index contributed by atoms with van der Waals surface area (Å²) in [7, 11) is -2.12. The standard InChI is InChI=1S/C20H22N2O4S/c1-13-10-14(2)19-16(11-13)12-15(20(23)22-19)8-9-21-27(24,25)18-6-4-17(26-3)5-7-18/h4-7,10-12,21H,8-9H2,1-3H3,(H,22,23). The molecule has 142 valence electrons. The summed E-state index contributed by atoms with van der Waals surface area (Å²) in [5, 5.41) is 0.945. The fourth-order valence-corrected chi connectivity index (χ4v) is 4.11. The van der Waals surface area contributed by atoms with Crippen LogP contribution in [0.5, 0.6) is 5.75 Å². The summed E-state index contributed by atoms with van der Waals surface area (Å²) in [5.41, 5.74) is 3.28. The first-order chi connectivity index (χ1) is 12.8. The van der Waals surface area contributed by atoms with Crippen molar-refractivity contribution in [2.24, 2.45) is 0 Å². The molecule has 0 spiro atoms. The number of hydrogen-bond acceptors (Lipinski definition) is 4. The molecule has 0 fully saturated rings. The van der Waals surface area contributed by atoms with E-state index in [0.29, 0.717) is 17.7 Å². The highest BCUT2D eigenvalue weighted by molar-refractivity contribution is 7.89. The van der Waals surface area contributed by atoms with Crippen molar-refractivity contribution in [3.63, 3.8) is 0 Å². The SMILES string of the molecule is COc1ccc(S(=O)(=O)NCCc2cc3cc(C)cc(C)c3[nH]c2=O)cc1. The zero-order valence-corrected chi connectivity index (χ0v) is 16.3. The van der Waals surface area contributed by atoms with Crippen molar-refractivity contribution in [3.8, 4) is 5.75 Å². The van der Waals surface area contributed by atoms with Gasteiger partial charge in [0.2, 0.25) is 10.0 Å². The van der Waals surface area contributed by atoms with E-state index in [1.54, 1.807) is 12.1 Å². The molecular weight excluding hydrogens is 364 g/mol.